The number of aryl methyl sites for hydroxylation is 2. The van der Waals surface area contributed by atoms with Crippen molar-refractivity contribution in [1.82, 2.24) is 9.78 Å². The molecule has 4 nitrogen and oxygen atoms in total. The molecule has 10 heteroatoms. The van der Waals surface area contributed by atoms with E-state index in [1.54, 1.807) is 32.0 Å². The predicted octanol–water partition coefficient (Wildman–Crippen LogP) is 4.86. The first-order valence-electron chi connectivity index (χ1n) is 8.23. The molecule has 0 saturated carbocycles. The van der Waals surface area contributed by atoms with E-state index in [1.165, 1.54) is 0 Å². The van der Waals surface area contributed by atoms with E-state index in [9.17, 15) is 30.4 Å². The van der Waals surface area contributed by atoms with Gasteiger partial charge in [0.25, 0.3) is 0 Å². The van der Waals surface area contributed by atoms with Crippen molar-refractivity contribution < 1.29 is 30.4 Å². The normalized spacial score (nSPS) is 12.4. The molecule has 0 saturated heterocycles. The monoisotopic (exact) mass is 430 g/mol. The number of hydrogen-bond acceptors (Lipinski definition) is 3. The average molecular weight is 430 g/mol. The van der Waals surface area contributed by atoms with Crippen LogP contribution in [0, 0.1) is 25.5 Å². The molecule has 3 rings (SSSR count). The van der Waals surface area contributed by atoms with Crippen LogP contribution >= 0.6 is 0 Å². The van der Waals surface area contributed by atoms with Gasteiger partial charge >= 0.3 is 6.18 Å². The van der Waals surface area contributed by atoms with Gasteiger partial charge in [-0.25, -0.2) is 21.9 Å². The van der Waals surface area contributed by atoms with Gasteiger partial charge in [-0.2, -0.15) is 18.3 Å². The SMILES string of the molecule is Cc1cc(C)cc(-n2nc(C(F)(F)F)cc2-c2cc(F)c(S(C)(=O)=O)c(F)c2)c1. The van der Waals surface area contributed by atoms with Crippen molar-refractivity contribution in [3.63, 3.8) is 0 Å². The molecule has 0 N–H and O–H groups in total. The summed E-state index contributed by atoms with van der Waals surface area (Å²) in [6, 6.07) is 6.96. The molecular formula is C19H15F5N2O2S. The Morgan fingerprint density at radius 3 is 1.86 bits per heavy atom. The lowest BCUT2D eigenvalue weighted by atomic mass is 10.1. The lowest BCUT2D eigenvalue weighted by Gasteiger charge is -2.11. The van der Waals surface area contributed by atoms with Crippen LogP contribution in [0.2, 0.25) is 0 Å². The van der Waals surface area contributed by atoms with Crippen molar-refractivity contribution >= 4 is 9.84 Å². The Balaban J connectivity index is 2.31. The predicted molar refractivity (Wildman–Crippen MR) is 96.5 cm³/mol. The molecule has 154 valence electrons. The number of benzene rings is 2. The van der Waals surface area contributed by atoms with E-state index in [1.807, 2.05) is 0 Å². The minimum atomic E-state index is -4.79. The Bertz CT molecular complexity index is 1170. The van der Waals surface area contributed by atoms with Crippen molar-refractivity contribution in [2.75, 3.05) is 6.26 Å². The number of halogens is 5. The Morgan fingerprint density at radius 2 is 1.41 bits per heavy atom. The van der Waals surface area contributed by atoms with E-state index in [4.69, 9.17) is 0 Å². The van der Waals surface area contributed by atoms with Crippen LogP contribution in [-0.4, -0.2) is 24.5 Å². The first kappa shape index (κ1) is 21.0. The van der Waals surface area contributed by atoms with Crippen molar-refractivity contribution in [1.29, 1.82) is 0 Å². The topological polar surface area (TPSA) is 52.0 Å². The Morgan fingerprint density at radius 1 is 0.897 bits per heavy atom. The molecule has 1 aromatic heterocycles. The fraction of sp³-hybridized carbons (Fsp3) is 0.211. The molecule has 29 heavy (non-hydrogen) atoms. The minimum Gasteiger partial charge on any atom is -0.232 e. The summed E-state index contributed by atoms with van der Waals surface area (Å²) < 4.78 is 92.5. The van der Waals surface area contributed by atoms with Crippen LogP contribution in [0.25, 0.3) is 16.9 Å². The van der Waals surface area contributed by atoms with Gasteiger partial charge in [0.05, 0.1) is 11.4 Å². The average Bonchev–Trinajstić information content (AvgIpc) is 2.97. The zero-order chi connectivity index (χ0) is 21.7. The molecule has 3 aromatic rings. The van der Waals surface area contributed by atoms with Crippen molar-refractivity contribution in [3.05, 3.63) is 64.9 Å². The molecule has 0 bridgehead atoms. The van der Waals surface area contributed by atoms with E-state index in [0.717, 1.165) is 15.8 Å². The number of hydrogen-bond donors (Lipinski definition) is 0. The van der Waals surface area contributed by atoms with E-state index < -0.39 is 38.2 Å². The third-order valence-corrected chi connectivity index (χ3v) is 5.25. The fourth-order valence-electron chi connectivity index (χ4n) is 3.06. The lowest BCUT2D eigenvalue weighted by molar-refractivity contribution is -0.141. The summed E-state index contributed by atoms with van der Waals surface area (Å²) in [5.41, 5.74) is -0.00463. The Kier molecular flexibility index (Phi) is 5.02. The second kappa shape index (κ2) is 6.94. The maximum absolute atomic E-state index is 14.3. The molecule has 0 aliphatic rings. The van der Waals surface area contributed by atoms with Gasteiger partial charge in [0.15, 0.2) is 15.5 Å². The van der Waals surface area contributed by atoms with Gasteiger partial charge in [0.1, 0.15) is 16.5 Å². The largest absolute Gasteiger partial charge is 0.435 e. The summed E-state index contributed by atoms with van der Waals surface area (Å²) in [4.78, 5) is -1.14. The summed E-state index contributed by atoms with van der Waals surface area (Å²) >= 11 is 0. The van der Waals surface area contributed by atoms with E-state index in [-0.39, 0.29) is 16.9 Å². The van der Waals surface area contributed by atoms with Crippen LogP contribution in [-0.2, 0) is 16.0 Å². The second-order valence-electron chi connectivity index (χ2n) is 6.71. The third-order valence-electron chi connectivity index (χ3n) is 4.12. The fourth-order valence-corrected chi connectivity index (χ4v) is 3.88. The molecule has 1 heterocycles. The Hall–Kier alpha value is -2.75. The molecule has 0 aliphatic carbocycles. The van der Waals surface area contributed by atoms with Gasteiger partial charge in [-0.3, -0.25) is 0 Å². The standard InChI is InChI=1S/C19H15F5N2O2S/c1-10-4-11(2)6-13(5-10)26-16(9-17(25-26)19(22,23)24)12-7-14(20)18(15(21)8-12)29(3,27)28/h4-9H,1-3H3. The first-order valence-corrected chi connectivity index (χ1v) is 10.1. The number of rotatable bonds is 3. The number of sulfone groups is 1. The van der Waals surface area contributed by atoms with Gasteiger partial charge in [0, 0.05) is 11.8 Å². The van der Waals surface area contributed by atoms with E-state index >= 15 is 0 Å². The highest BCUT2D eigenvalue weighted by molar-refractivity contribution is 7.90. The van der Waals surface area contributed by atoms with Crippen LogP contribution in [0.3, 0.4) is 0 Å². The molecule has 0 unspecified atom stereocenters. The first-order chi connectivity index (χ1) is 13.3. The van der Waals surface area contributed by atoms with Crippen LogP contribution in [0.4, 0.5) is 22.0 Å². The summed E-state index contributed by atoms with van der Waals surface area (Å²) in [6.07, 6.45) is -4.15. The molecule has 0 atom stereocenters. The van der Waals surface area contributed by atoms with Crippen LogP contribution in [0.5, 0.6) is 0 Å². The quantitative estimate of drug-likeness (QED) is 0.558. The second-order valence-corrected chi connectivity index (χ2v) is 8.66. The highest BCUT2D eigenvalue weighted by Crippen LogP contribution is 2.35. The maximum Gasteiger partial charge on any atom is 0.435 e. The van der Waals surface area contributed by atoms with E-state index in [2.05, 4.69) is 5.10 Å². The van der Waals surface area contributed by atoms with Gasteiger partial charge in [0.2, 0.25) is 0 Å². The number of aromatic nitrogens is 2. The van der Waals surface area contributed by atoms with Gasteiger partial charge in [-0.05, 0) is 55.3 Å². The summed E-state index contributed by atoms with van der Waals surface area (Å²) in [5.74, 6) is -2.80. The summed E-state index contributed by atoms with van der Waals surface area (Å²) in [6.45, 7) is 3.48. The third kappa shape index (κ3) is 4.16. The number of nitrogens with zero attached hydrogens (tertiary/aromatic N) is 2. The van der Waals surface area contributed by atoms with Gasteiger partial charge in [-0.15, -0.1) is 0 Å². The maximum atomic E-state index is 14.3. The van der Waals surface area contributed by atoms with Crippen LogP contribution < -0.4 is 0 Å². The zero-order valence-corrected chi connectivity index (χ0v) is 16.3. The summed E-state index contributed by atoms with van der Waals surface area (Å²) in [5, 5.41) is 3.57. The van der Waals surface area contributed by atoms with Crippen molar-refractivity contribution in [2.24, 2.45) is 0 Å². The smallest absolute Gasteiger partial charge is 0.232 e. The molecule has 0 spiro atoms. The molecule has 0 aliphatic heterocycles. The van der Waals surface area contributed by atoms with Gasteiger partial charge < -0.3 is 0 Å². The molecular weight excluding hydrogens is 415 g/mol. The van der Waals surface area contributed by atoms with Crippen LogP contribution in [0.15, 0.2) is 41.3 Å². The van der Waals surface area contributed by atoms with Gasteiger partial charge in [-0.1, -0.05) is 6.07 Å². The molecule has 0 fully saturated rings. The van der Waals surface area contributed by atoms with Crippen LogP contribution in [0.1, 0.15) is 16.8 Å². The minimum absolute atomic E-state index is 0.236. The Labute approximate surface area is 163 Å². The van der Waals surface area contributed by atoms with Crippen molar-refractivity contribution in [2.45, 2.75) is 24.9 Å². The highest BCUT2D eigenvalue weighted by atomic mass is 32.2. The molecule has 2 aromatic carbocycles. The summed E-state index contributed by atoms with van der Waals surface area (Å²) in [7, 11) is -4.21. The molecule has 0 radical (unpaired) electrons. The zero-order valence-electron chi connectivity index (χ0n) is 15.5. The highest BCUT2D eigenvalue weighted by Gasteiger charge is 2.35. The molecule has 0 amide bonds. The lowest BCUT2D eigenvalue weighted by Crippen LogP contribution is -2.08. The number of alkyl halides is 3. The van der Waals surface area contributed by atoms with E-state index in [0.29, 0.717) is 24.5 Å². The van der Waals surface area contributed by atoms with Crippen molar-refractivity contribution in [3.8, 4) is 16.9 Å².